The van der Waals surface area contributed by atoms with E-state index in [0.717, 1.165) is 30.9 Å². The van der Waals surface area contributed by atoms with Crippen LogP contribution in [0.25, 0.3) is 0 Å². The Balaban J connectivity index is 2.57. The number of aromatic nitrogens is 1. The van der Waals surface area contributed by atoms with E-state index < -0.39 is 0 Å². The fraction of sp³-hybridized carbons (Fsp3) is 0.667. The third kappa shape index (κ3) is 4.55. The van der Waals surface area contributed by atoms with Gasteiger partial charge in [-0.2, -0.15) is 0 Å². The highest BCUT2D eigenvalue weighted by molar-refractivity contribution is 5.53. The molecule has 1 rings (SSSR count). The Labute approximate surface area is 111 Å². The van der Waals surface area contributed by atoms with Crippen LogP contribution in [0.2, 0.25) is 0 Å². The third-order valence-electron chi connectivity index (χ3n) is 3.63. The van der Waals surface area contributed by atoms with E-state index in [-0.39, 0.29) is 5.41 Å². The van der Waals surface area contributed by atoms with Crippen molar-refractivity contribution in [2.24, 2.45) is 11.3 Å². The van der Waals surface area contributed by atoms with Crippen LogP contribution >= 0.6 is 0 Å². The van der Waals surface area contributed by atoms with E-state index in [4.69, 9.17) is 0 Å². The molecule has 0 aliphatic carbocycles. The van der Waals surface area contributed by atoms with Crippen LogP contribution in [-0.2, 0) is 0 Å². The molecule has 0 atom stereocenters. The van der Waals surface area contributed by atoms with E-state index >= 15 is 0 Å². The van der Waals surface area contributed by atoms with Crippen LogP contribution in [0.4, 0.5) is 11.4 Å². The second-order valence-corrected chi connectivity index (χ2v) is 5.89. The molecule has 0 unspecified atom stereocenters. The molecule has 1 aromatic heterocycles. The lowest BCUT2D eigenvalue weighted by molar-refractivity contribution is 0.269. The quantitative estimate of drug-likeness (QED) is 0.767. The van der Waals surface area contributed by atoms with Gasteiger partial charge in [-0.1, -0.05) is 34.6 Å². The summed E-state index contributed by atoms with van der Waals surface area (Å²) in [7, 11) is 0. The number of pyridine rings is 1. The van der Waals surface area contributed by atoms with Gasteiger partial charge in [0.15, 0.2) is 0 Å². The molecule has 0 saturated heterocycles. The largest absolute Gasteiger partial charge is 0.384 e. The molecule has 18 heavy (non-hydrogen) atoms. The van der Waals surface area contributed by atoms with Crippen LogP contribution in [0.5, 0.6) is 0 Å². The van der Waals surface area contributed by atoms with Gasteiger partial charge in [-0.05, 0) is 23.8 Å². The molecule has 0 radical (unpaired) electrons. The van der Waals surface area contributed by atoms with Gasteiger partial charge in [-0.25, -0.2) is 0 Å². The van der Waals surface area contributed by atoms with Crippen LogP contribution in [0.15, 0.2) is 18.5 Å². The fourth-order valence-electron chi connectivity index (χ4n) is 1.44. The Morgan fingerprint density at radius 2 is 1.78 bits per heavy atom. The Hall–Kier alpha value is -1.25. The lowest BCUT2D eigenvalue weighted by atomic mass is 9.81. The van der Waals surface area contributed by atoms with E-state index in [1.807, 2.05) is 12.4 Å². The molecule has 0 fully saturated rings. The monoisotopic (exact) mass is 249 g/mol. The average molecular weight is 249 g/mol. The van der Waals surface area contributed by atoms with Gasteiger partial charge in [0.1, 0.15) is 0 Å². The highest BCUT2D eigenvalue weighted by Crippen LogP contribution is 2.26. The summed E-state index contributed by atoms with van der Waals surface area (Å²) in [5.41, 5.74) is 2.46. The molecule has 102 valence electrons. The van der Waals surface area contributed by atoms with Crippen molar-refractivity contribution in [1.29, 1.82) is 0 Å². The molecule has 3 nitrogen and oxygen atoms in total. The molecular formula is C15H27N3. The molecule has 0 saturated carbocycles. The molecule has 0 aromatic carbocycles. The summed E-state index contributed by atoms with van der Waals surface area (Å²) in [5, 5.41) is 6.83. The van der Waals surface area contributed by atoms with Crippen LogP contribution in [0.1, 0.15) is 41.0 Å². The molecule has 2 N–H and O–H groups in total. The maximum Gasteiger partial charge on any atom is 0.0547 e. The van der Waals surface area contributed by atoms with Gasteiger partial charge in [0.25, 0.3) is 0 Å². The Kier molecular flexibility index (Phi) is 5.45. The third-order valence-corrected chi connectivity index (χ3v) is 3.63. The zero-order valence-electron chi connectivity index (χ0n) is 12.4. The Morgan fingerprint density at radius 1 is 1.17 bits per heavy atom. The normalized spacial score (nSPS) is 11.7. The predicted octanol–water partition coefficient (Wildman–Crippen LogP) is 4.00. The smallest absolute Gasteiger partial charge is 0.0547 e. The van der Waals surface area contributed by atoms with Crippen molar-refractivity contribution in [3.63, 3.8) is 0 Å². The van der Waals surface area contributed by atoms with E-state index in [9.17, 15) is 0 Å². The lowest BCUT2D eigenvalue weighted by Crippen LogP contribution is -2.28. The molecule has 1 heterocycles. The van der Waals surface area contributed by atoms with Crippen molar-refractivity contribution < 1.29 is 0 Å². The number of rotatable bonds is 7. The first kappa shape index (κ1) is 14.8. The summed E-state index contributed by atoms with van der Waals surface area (Å²) in [6.07, 6.45) is 4.87. The number of nitrogens with one attached hydrogen (secondary N) is 2. The maximum absolute atomic E-state index is 4.26. The SMILES string of the molecule is CCCNc1cncc(NCC(C)(C)C(C)C)c1. The highest BCUT2D eigenvalue weighted by atomic mass is 14.9. The van der Waals surface area contributed by atoms with Crippen molar-refractivity contribution >= 4 is 11.4 Å². The highest BCUT2D eigenvalue weighted by Gasteiger charge is 2.21. The number of anilines is 2. The summed E-state index contributed by atoms with van der Waals surface area (Å²) < 4.78 is 0. The van der Waals surface area contributed by atoms with Crippen molar-refractivity contribution in [2.45, 2.75) is 41.0 Å². The maximum atomic E-state index is 4.26. The van der Waals surface area contributed by atoms with Crippen molar-refractivity contribution in [1.82, 2.24) is 4.98 Å². The summed E-state index contributed by atoms with van der Waals surface area (Å²) >= 11 is 0. The predicted molar refractivity (Wildman–Crippen MR) is 80.1 cm³/mol. The zero-order chi connectivity index (χ0) is 13.6. The van der Waals surface area contributed by atoms with E-state index in [2.05, 4.69) is 56.3 Å². The molecule has 0 bridgehead atoms. The van der Waals surface area contributed by atoms with Gasteiger partial charge in [0.05, 0.1) is 23.8 Å². The van der Waals surface area contributed by atoms with Gasteiger partial charge in [0.2, 0.25) is 0 Å². The molecule has 3 heteroatoms. The standard InChI is InChI=1S/C15H27N3/c1-6-7-17-13-8-14(10-16-9-13)18-11-15(4,5)12(2)3/h8-10,12,17-18H,6-7,11H2,1-5H3. The van der Waals surface area contributed by atoms with E-state index in [1.54, 1.807) is 0 Å². The zero-order valence-corrected chi connectivity index (χ0v) is 12.4. The summed E-state index contributed by atoms with van der Waals surface area (Å²) in [6.45, 7) is 13.2. The summed E-state index contributed by atoms with van der Waals surface area (Å²) in [6, 6.07) is 2.12. The van der Waals surface area contributed by atoms with Crippen LogP contribution in [-0.4, -0.2) is 18.1 Å². The first-order valence-electron chi connectivity index (χ1n) is 6.88. The topological polar surface area (TPSA) is 37.0 Å². The average Bonchev–Trinajstić information content (AvgIpc) is 2.34. The minimum atomic E-state index is 0.285. The molecule has 1 aromatic rings. The second-order valence-electron chi connectivity index (χ2n) is 5.89. The van der Waals surface area contributed by atoms with Gasteiger partial charge < -0.3 is 10.6 Å². The fourth-order valence-corrected chi connectivity index (χ4v) is 1.44. The van der Waals surface area contributed by atoms with Gasteiger partial charge in [0, 0.05) is 13.1 Å². The number of hydrogen-bond acceptors (Lipinski definition) is 3. The molecule has 0 spiro atoms. The Bertz CT molecular complexity index is 359. The van der Waals surface area contributed by atoms with E-state index in [1.165, 1.54) is 0 Å². The van der Waals surface area contributed by atoms with E-state index in [0.29, 0.717) is 5.92 Å². The van der Waals surface area contributed by atoms with Gasteiger partial charge in [-0.15, -0.1) is 0 Å². The molecule has 0 amide bonds. The number of nitrogens with zero attached hydrogens (tertiary/aromatic N) is 1. The van der Waals surface area contributed by atoms with Crippen LogP contribution in [0.3, 0.4) is 0 Å². The minimum Gasteiger partial charge on any atom is -0.384 e. The first-order valence-corrected chi connectivity index (χ1v) is 6.88. The first-order chi connectivity index (χ1) is 8.45. The van der Waals surface area contributed by atoms with Gasteiger partial charge >= 0.3 is 0 Å². The van der Waals surface area contributed by atoms with Crippen molar-refractivity contribution in [3.05, 3.63) is 18.5 Å². The minimum absolute atomic E-state index is 0.285. The van der Waals surface area contributed by atoms with Gasteiger partial charge in [-0.3, -0.25) is 4.98 Å². The van der Waals surface area contributed by atoms with Crippen molar-refractivity contribution in [2.75, 3.05) is 23.7 Å². The van der Waals surface area contributed by atoms with Crippen LogP contribution in [0, 0.1) is 11.3 Å². The lowest BCUT2D eigenvalue weighted by Gasteiger charge is -2.29. The van der Waals surface area contributed by atoms with Crippen LogP contribution < -0.4 is 10.6 Å². The molecule has 0 aliphatic rings. The second kappa shape index (κ2) is 6.62. The Morgan fingerprint density at radius 3 is 2.33 bits per heavy atom. The molecular weight excluding hydrogens is 222 g/mol. The molecule has 0 aliphatic heterocycles. The van der Waals surface area contributed by atoms with Crippen molar-refractivity contribution in [3.8, 4) is 0 Å². The summed E-state index contributed by atoms with van der Waals surface area (Å²) in [5.74, 6) is 0.652. The number of hydrogen-bond donors (Lipinski definition) is 2. The summed E-state index contributed by atoms with van der Waals surface area (Å²) in [4.78, 5) is 4.26.